The monoisotopic (exact) mass is 245 g/mol. The van der Waals surface area contributed by atoms with E-state index < -0.39 is 17.4 Å². The molecule has 1 amide bonds. The molecule has 1 rings (SSSR count). The van der Waals surface area contributed by atoms with Crippen molar-refractivity contribution in [1.82, 2.24) is 4.90 Å². The van der Waals surface area contributed by atoms with E-state index in [0.29, 0.717) is 13.0 Å². The van der Waals surface area contributed by atoms with Gasteiger partial charge in [-0.15, -0.1) is 0 Å². The van der Waals surface area contributed by atoms with Gasteiger partial charge < -0.3 is 14.9 Å². The predicted octanol–water partition coefficient (Wildman–Crippen LogP) is 1.90. The van der Waals surface area contributed by atoms with E-state index >= 15 is 0 Å². The zero-order valence-electron chi connectivity index (χ0n) is 11.3. The van der Waals surface area contributed by atoms with Crippen LogP contribution >= 0.6 is 0 Å². The molecule has 2 N–H and O–H groups in total. The molecule has 100 valence electrons. The fraction of sp³-hybridized carbons (Fsp3) is 0.917. The van der Waals surface area contributed by atoms with Crippen LogP contribution in [0.3, 0.4) is 0 Å². The van der Waals surface area contributed by atoms with Crippen molar-refractivity contribution >= 4 is 6.09 Å². The topological polar surface area (TPSA) is 70.0 Å². The van der Waals surface area contributed by atoms with Gasteiger partial charge in [0, 0.05) is 6.61 Å². The molecule has 0 bridgehead atoms. The summed E-state index contributed by atoms with van der Waals surface area (Å²) in [6.45, 7) is 9.67. The molecule has 0 aliphatic carbocycles. The summed E-state index contributed by atoms with van der Waals surface area (Å²) in [7, 11) is 0. The Morgan fingerprint density at radius 3 is 2.29 bits per heavy atom. The van der Waals surface area contributed by atoms with Crippen LogP contribution < -0.4 is 0 Å². The molecule has 0 aromatic heterocycles. The van der Waals surface area contributed by atoms with Gasteiger partial charge in [-0.1, -0.05) is 20.8 Å². The summed E-state index contributed by atoms with van der Waals surface area (Å²) < 4.78 is 5.64. The van der Waals surface area contributed by atoms with Crippen LogP contribution in [0.25, 0.3) is 0 Å². The molecule has 5 heteroatoms. The molecule has 0 aromatic rings. The van der Waals surface area contributed by atoms with Gasteiger partial charge in [-0.2, -0.15) is 0 Å². The smallest absolute Gasteiger partial charge is 0.410 e. The van der Waals surface area contributed by atoms with Crippen LogP contribution in [-0.2, 0) is 4.74 Å². The van der Waals surface area contributed by atoms with Gasteiger partial charge in [-0.05, 0) is 25.7 Å². The number of carboxylic acid groups (broad SMARTS) is 1. The maximum absolute atomic E-state index is 11.5. The molecule has 0 saturated carbocycles. The minimum absolute atomic E-state index is 0.0551. The standard InChI is InChI=1S/C12H23NO4/c1-10(2,3)12(6-7-14)8-17-11(4,5)13(12)9(15)16/h14H,6-8H2,1-5H3,(H,15,16). The van der Waals surface area contributed by atoms with E-state index in [1.54, 1.807) is 13.8 Å². The van der Waals surface area contributed by atoms with Crippen molar-refractivity contribution in [2.24, 2.45) is 5.41 Å². The van der Waals surface area contributed by atoms with Crippen molar-refractivity contribution in [3.8, 4) is 0 Å². The number of aliphatic hydroxyl groups is 1. The van der Waals surface area contributed by atoms with Crippen LogP contribution in [-0.4, -0.2) is 45.7 Å². The third kappa shape index (κ3) is 2.13. The van der Waals surface area contributed by atoms with Gasteiger partial charge in [0.15, 0.2) is 0 Å². The second-order valence-corrected chi connectivity index (χ2v) is 6.11. The molecule has 1 aliphatic heterocycles. The molecule has 5 nitrogen and oxygen atoms in total. The number of amides is 1. The van der Waals surface area contributed by atoms with Crippen LogP contribution in [0.15, 0.2) is 0 Å². The summed E-state index contributed by atoms with van der Waals surface area (Å²) in [5, 5.41) is 18.7. The molecule has 0 radical (unpaired) electrons. The highest BCUT2D eigenvalue weighted by atomic mass is 16.5. The van der Waals surface area contributed by atoms with E-state index in [0.717, 1.165) is 0 Å². The number of hydrogen-bond acceptors (Lipinski definition) is 3. The molecule has 1 fully saturated rings. The van der Waals surface area contributed by atoms with Crippen molar-refractivity contribution in [3.05, 3.63) is 0 Å². The Hall–Kier alpha value is -0.810. The number of carbonyl (C=O) groups is 1. The third-order valence-electron chi connectivity index (χ3n) is 3.74. The van der Waals surface area contributed by atoms with E-state index in [2.05, 4.69) is 0 Å². The molecule has 1 aliphatic rings. The third-order valence-corrected chi connectivity index (χ3v) is 3.74. The van der Waals surface area contributed by atoms with E-state index in [-0.39, 0.29) is 12.0 Å². The number of rotatable bonds is 2. The van der Waals surface area contributed by atoms with Crippen molar-refractivity contribution in [2.75, 3.05) is 13.2 Å². The molecule has 0 spiro atoms. The SMILES string of the molecule is CC1(C)OCC(CCO)(C(C)(C)C)N1C(=O)O. The lowest BCUT2D eigenvalue weighted by atomic mass is 9.71. The Balaban J connectivity index is 3.27. The van der Waals surface area contributed by atoms with Crippen molar-refractivity contribution in [2.45, 2.75) is 52.3 Å². The number of aliphatic hydroxyl groups excluding tert-OH is 1. The molecule has 0 aromatic carbocycles. The first-order valence-corrected chi connectivity index (χ1v) is 5.86. The highest BCUT2D eigenvalue weighted by molar-refractivity contribution is 5.68. The molecule has 1 unspecified atom stereocenters. The van der Waals surface area contributed by atoms with Gasteiger partial charge in [0.05, 0.1) is 12.1 Å². The van der Waals surface area contributed by atoms with Crippen molar-refractivity contribution in [3.63, 3.8) is 0 Å². The first-order chi connectivity index (χ1) is 7.58. The Labute approximate surface area is 102 Å². The summed E-state index contributed by atoms with van der Waals surface area (Å²) in [4.78, 5) is 12.9. The Kier molecular flexibility index (Phi) is 3.47. The lowest BCUT2D eigenvalue weighted by Gasteiger charge is -2.48. The minimum Gasteiger partial charge on any atom is -0.465 e. The lowest BCUT2D eigenvalue weighted by molar-refractivity contribution is -0.0604. The van der Waals surface area contributed by atoms with Gasteiger partial charge >= 0.3 is 6.09 Å². The molecule has 1 saturated heterocycles. The largest absolute Gasteiger partial charge is 0.465 e. The maximum atomic E-state index is 11.5. The summed E-state index contributed by atoms with van der Waals surface area (Å²) >= 11 is 0. The highest BCUT2D eigenvalue weighted by Gasteiger charge is 2.59. The first kappa shape index (κ1) is 14.3. The van der Waals surface area contributed by atoms with Gasteiger partial charge in [0.2, 0.25) is 0 Å². The zero-order valence-corrected chi connectivity index (χ0v) is 11.3. The van der Waals surface area contributed by atoms with Crippen molar-refractivity contribution < 1.29 is 19.7 Å². The second kappa shape index (κ2) is 4.14. The van der Waals surface area contributed by atoms with Crippen molar-refractivity contribution in [1.29, 1.82) is 0 Å². The van der Waals surface area contributed by atoms with E-state index in [1.807, 2.05) is 20.8 Å². The highest BCUT2D eigenvalue weighted by Crippen LogP contribution is 2.47. The van der Waals surface area contributed by atoms with E-state index in [1.165, 1.54) is 4.90 Å². The van der Waals surface area contributed by atoms with Crippen LogP contribution in [0.4, 0.5) is 4.79 Å². The first-order valence-electron chi connectivity index (χ1n) is 5.86. The van der Waals surface area contributed by atoms with E-state index in [9.17, 15) is 15.0 Å². The molecular weight excluding hydrogens is 222 g/mol. The van der Waals surface area contributed by atoms with Gasteiger partial charge in [-0.3, -0.25) is 4.90 Å². The number of hydrogen-bond donors (Lipinski definition) is 2. The number of ether oxygens (including phenoxy) is 1. The molecule has 17 heavy (non-hydrogen) atoms. The van der Waals surface area contributed by atoms with Crippen LogP contribution in [0, 0.1) is 5.41 Å². The Morgan fingerprint density at radius 2 is 1.94 bits per heavy atom. The van der Waals surface area contributed by atoms with Gasteiger partial charge in [0.1, 0.15) is 5.72 Å². The fourth-order valence-corrected chi connectivity index (χ4v) is 2.65. The fourth-order valence-electron chi connectivity index (χ4n) is 2.65. The van der Waals surface area contributed by atoms with Crippen LogP contribution in [0.5, 0.6) is 0 Å². The molecular formula is C12H23NO4. The summed E-state index contributed by atoms with van der Waals surface area (Å²) in [5.74, 6) is 0. The van der Waals surface area contributed by atoms with Gasteiger partial charge in [0.25, 0.3) is 0 Å². The Morgan fingerprint density at radius 1 is 1.41 bits per heavy atom. The Bertz CT molecular complexity index is 308. The maximum Gasteiger partial charge on any atom is 0.410 e. The summed E-state index contributed by atoms with van der Waals surface area (Å²) in [5.41, 5.74) is -1.84. The number of nitrogens with zero attached hydrogens (tertiary/aromatic N) is 1. The van der Waals surface area contributed by atoms with Crippen LogP contribution in [0.2, 0.25) is 0 Å². The zero-order chi connectivity index (χ0) is 13.5. The summed E-state index contributed by atoms with van der Waals surface area (Å²) in [6, 6.07) is 0. The summed E-state index contributed by atoms with van der Waals surface area (Å²) in [6.07, 6.45) is -0.623. The lowest BCUT2D eigenvalue weighted by Crippen LogP contribution is -2.61. The minimum atomic E-state index is -1.00. The quantitative estimate of drug-likeness (QED) is 0.779. The van der Waals surface area contributed by atoms with Gasteiger partial charge in [-0.25, -0.2) is 4.79 Å². The average Bonchev–Trinajstić information content (AvgIpc) is 2.38. The normalized spacial score (nSPS) is 28.5. The average molecular weight is 245 g/mol. The predicted molar refractivity (Wildman–Crippen MR) is 63.8 cm³/mol. The second-order valence-electron chi connectivity index (χ2n) is 6.11. The van der Waals surface area contributed by atoms with Crippen LogP contribution in [0.1, 0.15) is 41.0 Å². The van der Waals surface area contributed by atoms with E-state index in [4.69, 9.17) is 4.74 Å². The molecule has 1 atom stereocenters. The molecule has 1 heterocycles.